The van der Waals surface area contributed by atoms with Gasteiger partial charge in [-0.2, -0.15) is 0 Å². The molecule has 1 spiro atoms. The van der Waals surface area contributed by atoms with E-state index in [0.717, 1.165) is 30.8 Å². The van der Waals surface area contributed by atoms with E-state index in [1.54, 1.807) is 0 Å². The fourth-order valence-corrected chi connectivity index (χ4v) is 2.50. The van der Waals surface area contributed by atoms with Gasteiger partial charge >= 0.3 is 0 Å². The van der Waals surface area contributed by atoms with Gasteiger partial charge in [-0.15, -0.1) is 0 Å². The summed E-state index contributed by atoms with van der Waals surface area (Å²) in [6, 6.07) is 4.82. The Morgan fingerprint density at radius 2 is 2.21 bits per heavy atom. The predicted molar refractivity (Wildman–Crippen MR) is 51.0 cm³/mol. The van der Waals surface area contributed by atoms with Crippen molar-refractivity contribution in [2.75, 3.05) is 20.1 Å². The lowest BCUT2D eigenvalue weighted by atomic mass is 9.90. The summed E-state index contributed by atoms with van der Waals surface area (Å²) in [6.45, 7) is 1.90. The largest absolute Gasteiger partial charge is 0.484 e. The number of rotatable bonds is 0. The highest BCUT2D eigenvalue weighted by Crippen LogP contribution is 2.39. The Morgan fingerprint density at radius 3 is 2.93 bits per heavy atom. The van der Waals surface area contributed by atoms with Crippen LogP contribution in [0, 0.1) is 5.82 Å². The lowest BCUT2D eigenvalue weighted by Crippen LogP contribution is -2.62. The van der Waals surface area contributed by atoms with Crippen LogP contribution in [0.4, 0.5) is 4.39 Å². The van der Waals surface area contributed by atoms with Crippen LogP contribution in [0.25, 0.3) is 0 Å². The van der Waals surface area contributed by atoms with Gasteiger partial charge < -0.3 is 4.74 Å². The summed E-state index contributed by atoms with van der Waals surface area (Å²) in [6.07, 6.45) is 0.924. The first-order valence-electron chi connectivity index (χ1n) is 4.83. The van der Waals surface area contributed by atoms with Gasteiger partial charge in [-0.05, 0) is 18.7 Å². The van der Waals surface area contributed by atoms with Crippen LogP contribution in [-0.2, 0) is 6.42 Å². The molecule has 0 atom stereocenters. The van der Waals surface area contributed by atoms with Crippen molar-refractivity contribution in [3.8, 4) is 5.75 Å². The van der Waals surface area contributed by atoms with Gasteiger partial charge in [-0.3, -0.25) is 4.90 Å². The molecule has 0 aromatic heterocycles. The molecule has 1 fully saturated rings. The summed E-state index contributed by atoms with van der Waals surface area (Å²) < 4.78 is 18.7. The van der Waals surface area contributed by atoms with Crippen molar-refractivity contribution in [1.82, 2.24) is 4.90 Å². The van der Waals surface area contributed by atoms with E-state index in [-0.39, 0.29) is 11.4 Å². The first kappa shape index (κ1) is 8.24. The van der Waals surface area contributed by atoms with Crippen LogP contribution in [0.5, 0.6) is 5.75 Å². The van der Waals surface area contributed by atoms with E-state index in [4.69, 9.17) is 4.74 Å². The second-order valence-electron chi connectivity index (χ2n) is 4.39. The Hall–Kier alpha value is -1.09. The molecule has 14 heavy (non-hydrogen) atoms. The van der Waals surface area contributed by atoms with Crippen molar-refractivity contribution in [3.63, 3.8) is 0 Å². The number of likely N-dealkylation sites (tertiary alicyclic amines) is 1. The van der Waals surface area contributed by atoms with E-state index >= 15 is 0 Å². The molecule has 1 saturated heterocycles. The average molecular weight is 193 g/mol. The van der Waals surface area contributed by atoms with Crippen LogP contribution < -0.4 is 4.74 Å². The van der Waals surface area contributed by atoms with Gasteiger partial charge in [0.15, 0.2) is 0 Å². The molecule has 2 aliphatic heterocycles. The monoisotopic (exact) mass is 193 g/mol. The summed E-state index contributed by atoms with van der Waals surface area (Å²) in [5.74, 6) is 0.520. The van der Waals surface area contributed by atoms with Crippen molar-refractivity contribution in [2.24, 2.45) is 0 Å². The summed E-state index contributed by atoms with van der Waals surface area (Å²) in [5.41, 5.74) is 1.09. The van der Waals surface area contributed by atoms with Crippen molar-refractivity contribution in [3.05, 3.63) is 29.6 Å². The molecule has 0 amide bonds. The number of benzene rings is 1. The number of nitrogens with zero attached hydrogens (tertiary/aromatic N) is 1. The first-order valence-corrected chi connectivity index (χ1v) is 4.83. The van der Waals surface area contributed by atoms with Gasteiger partial charge in [0.1, 0.15) is 17.2 Å². The molecule has 74 valence electrons. The third kappa shape index (κ3) is 1.05. The van der Waals surface area contributed by atoms with Gasteiger partial charge in [-0.25, -0.2) is 4.39 Å². The highest BCUT2D eigenvalue weighted by atomic mass is 19.1. The van der Waals surface area contributed by atoms with Gasteiger partial charge in [0.05, 0.1) is 0 Å². The Morgan fingerprint density at radius 1 is 1.43 bits per heavy atom. The Labute approximate surface area is 82.3 Å². The molecular formula is C11H12FNO. The fourth-order valence-electron chi connectivity index (χ4n) is 2.50. The molecule has 3 rings (SSSR count). The zero-order valence-corrected chi connectivity index (χ0v) is 8.09. The Kier molecular flexibility index (Phi) is 1.46. The molecule has 1 aromatic rings. The molecule has 3 heteroatoms. The minimum atomic E-state index is -0.214. The molecule has 2 aliphatic rings. The predicted octanol–water partition coefficient (Wildman–Crippen LogP) is 1.44. The second-order valence-corrected chi connectivity index (χ2v) is 4.39. The number of likely N-dealkylation sites (N-methyl/N-ethyl adjacent to an activating group) is 1. The Bertz CT molecular complexity index is 385. The van der Waals surface area contributed by atoms with Crippen molar-refractivity contribution >= 4 is 0 Å². The van der Waals surface area contributed by atoms with Gasteiger partial charge in [0, 0.05) is 25.6 Å². The molecule has 0 radical (unpaired) electrons. The summed E-state index contributed by atoms with van der Waals surface area (Å²) in [5, 5.41) is 0. The summed E-state index contributed by atoms with van der Waals surface area (Å²) >= 11 is 0. The Balaban J connectivity index is 1.91. The molecule has 2 heterocycles. The van der Waals surface area contributed by atoms with Crippen molar-refractivity contribution in [1.29, 1.82) is 0 Å². The van der Waals surface area contributed by atoms with Gasteiger partial charge in [0.2, 0.25) is 0 Å². The topological polar surface area (TPSA) is 12.5 Å². The van der Waals surface area contributed by atoms with E-state index in [1.807, 2.05) is 6.07 Å². The summed E-state index contributed by atoms with van der Waals surface area (Å²) in [7, 11) is 2.07. The fraction of sp³-hybridized carbons (Fsp3) is 0.455. The molecular weight excluding hydrogens is 181 g/mol. The lowest BCUT2D eigenvalue weighted by molar-refractivity contribution is -0.0482. The van der Waals surface area contributed by atoms with E-state index in [1.165, 1.54) is 12.1 Å². The molecule has 1 aromatic carbocycles. The van der Waals surface area contributed by atoms with Crippen LogP contribution >= 0.6 is 0 Å². The van der Waals surface area contributed by atoms with Crippen molar-refractivity contribution in [2.45, 2.75) is 12.0 Å². The van der Waals surface area contributed by atoms with E-state index in [2.05, 4.69) is 11.9 Å². The maximum absolute atomic E-state index is 12.9. The maximum atomic E-state index is 12.9. The van der Waals surface area contributed by atoms with Crippen LogP contribution in [0.15, 0.2) is 18.2 Å². The van der Waals surface area contributed by atoms with Crippen molar-refractivity contribution < 1.29 is 9.13 Å². The normalized spacial score (nSPS) is 23.0. The maximum Gasteiger partial charge on any atom is 0.138 e. The van der Waals surface area contributed by atoms with Gasteiger partial charge in [-0.1, -0.05) is 6.07 Å². The third-order valence-corrected chi connectivity index (χ3v) is 2.98. The number of halogens is 1. The number of ether oxygens (including phenoxy) is 1. The average Bonchev–Trinajstić information content (AvgIpc) is 2.41. The zero-order chi connectivity index (χ0) is 9.76. The lowest BCUT2D eigenvalue weighted by Gasteiger charge is -2.44. The molecule has 0 unspecified atom stereocenters. The van der Waals surface area contributed by atoms with Crippen LogP contribution in [0.1, 0.15) is 5.56 Å². The molecule has 2 nitrogen and oxygen atoms in total. The standard InChI is InChI=1S/C11H12FNO/c1-13-6-11(7-13)5-8-2-3-9(12)4-10(8)14-11/h2-4H,5-7H2,1H3. The smallest absolute Gasteiger partial charge is 0.138 e. The minimum Gasteiger partial charge on any atom is -0.484 e. The zero-order valence-electron chi connectivity index (χ0n) is 8.09. The van der Waals surface area contributed by atoms with E-state index < -0.39 is 0 Å². The van der Waals surface area contributed by atoms with Gasteiger partial charge in [0.25, 0.3) is 0 Å². The molecule has 0 bridgehead atoms. The van der Waals surface area contributed by atoms with Crippen LogP contribution in [-0.4, -0.2) is 30.6 Å². The number of fused-ring (bicyclic) bond motifs is 1. The number of hydrogen-bond donors (Lipinski definition) is 0. The van der Waals surface area contributed by atoms with Crippen LogP contribution in [0.2, 0.25) is 0 Å². The van der Waals surface area contributed by atoms with E-state index in [0.29, 0.717) is 0 Å². The first-order chi connectivity index (χ1) is 6.67. The SMILES string of the molecule is CN1CC2(Cc3ccc(F)cc3O2)C1. The highest BCUT2D eigenvalue weighted by molar-refractivity contribution is 5.41. The molecule has 0 saturated carbocycles. The second kappa shape index (κ2) is 2.48. The number of hydrogen-bond acceptors (Lipinski definition) is 2. The highest BCUT2D eigenvalue weighted by Gasteiger charge is 2.47. The molecule has 0 aliphatic carbocycles. The van der Waals surface area contributed by atoms with E-state index in [9.17, 15) is 4.39 Å². The van der Waals surface area contributed by atoms with Crippen LogP contribution in [0.3, 0.4) is 0 Å². The molecule has 0 N–H and O–H groups in total. The quantitative estimate of drug-likeness (QED) is 0.618. The summed E-state index contributed by atoms with van der Waals surface area (Å²) in [4.78, 5) is 2.21. The minimum absolute atomic E-state index is 0.0507. The third-order valence-electron chi connectivity index (χ3n) is 2.98.